The second-order valence-electron chi connectivity index (χ2n) is 5.90. The molecular formula is C14H29N3. The molecule has 0 atom stereocenters. The van der Waals surface area contributed by atoms with Gasteiger partial charge in [0.05, 0.1) is 0 Å². The Labute approximate surface area is 106 Å². The zero-order valence-corrected chi connectivity index (χ0v) is 11.6. The first-order chi connectivity index (χ1) is 8.20. The molecule has 0 bridgehead atoms. The standard InChI is InChI=1S/C14H29N3/c1-3-17-10-8-14(9-11-17)16(2)13-6-4-12(15)5-7-13/h12-14H,3-11,15H2,1-2H3. The number of piperidine rings is 1. The van der Waals surface area contributed by atoms with E-state index in [1.165, 1.54) is 58.2 Å². The largest absolute Gasteiger partial charge is 0.328 e. The third-order valence-electron chi connectivity index (χ3n) is 4.90. The van der Waals surface area contributed by atoms with Crippen molar-refractivity contribution < 1.29 is 0 Å². The summed E-state index contributed by atoms with van der Waals surface area (Å²) >= 11 is 0. The van der Waals surface area contributed by atoms with E-state index in [9.17, 15) is 0 Å². The summed E-state index contributed by atoms with van der Waals surface area (Å²) in [7, 11) is 2.34. The van der Waals surface area contributed by atoms with Crippen LogP contribution in [0.2, 0.25) is 0 Å². The SMILES string of the molecule is CCN1CCC(N(C)C2CCC(N)CC2)CC1. The first-order valence-corrected chi connectivity index (χ1v) is 7.40. The molecule has 17 heavy (non-hydrogen) atoms. The van der Waals surface area contributed by atoms with Gasteiger partial charge in [0.2, 0.25) is 0 Å². The molecular weight excluding hydrogens is 210 g/mol. The van der Waals surface area contributed by atoms with Gasteiger partial charge in [-0.15, -0.1) is 0 Å². The van der Waals surface area contributed by atoms with Gasteiger partial charge in [-0.05, 0) is 65.2 Å². The van der Waals surface area contributed by atoms with E-state index in [0.29, 0.717) is 6.04 Å². The van der Waals surface area contributed by atoms with Crippen molar-refractivity contribution in [3.8, 4) is 0 Å². The average Bonchev–Trinajstić information content (AvgIpc) is 2.39. The zero-order valence-electron chi connectivity index (χ0n) is 11.6. The van der Waals surface area contributed by atoms with Crippen molar-refractivity contribution in [1.82, 2.24) is 9.80 Å². The van der Waals surface area contributed by atoms with Crippen LogP contribution in [0.4, 0.5) is 0 Å². The maximum absolute atomic E-state index is 5.99. The molecule has 0 radical (unpaired) electrons. The lowest BCUT2D eigenvalue weighted by molar-refractivity contribution is 0.0794. The normalized spacial score (nSPS) is 33.2. The maximum Gasteiger partial charge on any atom is 0.0119 e. The van der Waals surface area contributed by atoms with E-state index in [4.69, 9.17) is 5.73 Å². The molecule has 2 rings (SSSR count). The van der Waals surface area contributed by atoms with Gasteiger partial charge in [0.15, 0.2) is 0 Å². The number of rotatable bonds is 3. The Bertz CT molecular complexity index is 216. The van der Waals surface area contributed by atoms with E-state index in [1.807, 2.05) is 0 Å². The lowest BCUT2D eigenvalue weighted by Crippen LogP contribution is -2.48. The highest BCUT2D eigenvalue weighted by molar-refractivity contribution is 4.85. The predicted octanol–water partition coefficient (Wildman–Crippen LogP) is 1.67. The van der Waals surface area contributed by atoms with Crippen molar-refractivity contribution in [2.24, 2.45) is 5.73 Å². The van der Waals surface area contributed by atoms with Crippen LogP contribution in [0, 0.1) is 0 Å². The Kier molecular flexibility index (Phi) is 4.83. The summed E-state index contributed by atoms with van der Waals surface area (Å²) in [5.41, 5.74) is 5.99. The Morgan fingerprint density at radius 3 is 2.06 bits per heavy atom. The van der Waals surface area contributed by atoms with Gasteiger partial charge < -0.3 is 15.5 Å². The fraction of sp³-hybridized carbons (Fsp3) is 1.00. The monoisotopic (exact) mass is 239 g/mol. The van der Waals surface area contributed by atoms with Gasteiger partial charge in [0.25, 0.3) is 0 Å². The number of nitrogens with zero attached hydrogens (tertiary/aromatic N) is 2. The van der Waals surface area contributed by atoms with Gasteiger partial charge in [-0.2, -0.15) is 0 Å². The van der Waals surface area contributed by atoms with Crippen LogP contribution in [0.1, 0.15) is 45.4 Å². The molecule has 0 spiro atoms. The molecule has 1 heterocycles. The number of hydrogen-bond acceptors (Lipinski definition) is 3. The van der Waals surface area contributed by atoms with E-state index in [1.54, 1.807) is 0 Å². The van der Waals surface area contributed by atoms with Crippen LogP contribution in [0.25, 0.3) is 0 Å². The van der Waals surface area contributed by atoms with Crippen molar-refractivity contribution in [3.63, 3.8) is 0 Å². The Hall–Kier alpha value is -0.120. The molecule has 3 heteroatoms. The lowest BCUT2D eigenvalue weighted by atomic mass is 9.89. The third kappa shape index (κ3) is 3.43. The van der Waals surface area contributed by atoms with Crippen LogP contribution in [-0.2, 0) is 0 Å². The highest BCUT2D eigenvalue weighted by atomic mass is 15.2. The number of hydrogen-bond donors (Lipinski definition) is 1. The number of likely N-dealkylation sites (tertiary alicyclic amines) is 1. The van der Waals surface area contributed by atoms with Crippen molar-refractivity contribution in [2.75, 3.05) is 26.7 Å². The third-order valence-corrected chi connectivity index (χ3v) is 4.90. The van der Waals surface area contributed by atoms with Gasteiger partial charge >= 0.3 is 0 Å². The Morgan fingerprint density at radius 2 is 1.53 bits per heavy atom. The van der Waals surface area contributed by atoms with Crippen LogP contribution in [0.15, 0.2) is 0 Å². The highest BCUT2D eigenvalue weighted by Gasteiger charge is 2.28. The fourth-order valence-electron chi connectivity index (χ4n) is 3.45. The molecule has 0 aromatic rings. The Balaban J connectivity index is 1.78. The van der Waals surface area contributed by atoms with Gasteiger partial charge in [-0.3, -0.25) is 0 Å². The minimum absolute atomic E-state index is 0.474. The molecule has 0 amide bonds. The average molecular weight is 239 g/mol. The van der Waals surface area contributed by atoms with E-state index >= 15 is 0 Å². The van der Waals surface area contributed by atoms with Crippen LogP contribution < -0.4 is 5.73 Å². The molecule has 0 unspecified atom stereocenters. The van der Waals surface area contributed by atoms with Crippen LogP contribution in [0.3, 0.4) is 0 Å². The van der Waals surface area contributed by atoms with Crippen molar-refractivity contribution in [1.29, 1.82) is 0 Å². The first kappa shape index (κ1) is 13.3. The summed E-state index contributed by atoms with van der Waals surface area (Å²) in [6, 6.07) is 2.09. The molecule has 100 valence electrons. The van der Waals surface area contributed by atoms with E-state index in [-0.39, 0.29) is 0 Å². The van der Waals surface area contributed by atoms with Gasteiger partial charge in [-0.25, -0.2) is 0 Å². The summed E-state index contributed by atoms with van der Waals surface area (Å²) in [4.78, 5) is 5.24. The smallest absolute Gasteiger partial charge is 0.0119 e. The molecule has 1 saturated heterocycles. The molecule has 1 saturated carbocycles. The van der Waals surface area contributed by atoms with Crippen LogP contribution in [-0.4, -0.2) is 54.6 Å². The second kappa shape index (κ2) is 6.17. The summed E-state index contributed by atoms with van der Waals surface area (Å²) in [5, 5.41) is 0. The minimum Gasteiger partial charge on any atom is -0.328 e. The molecule has 2 aliphatic rings. The fourth-order valence-corrected chi connectivity index (χ4v) is 3.45. The van der Waals surface area contributed by atoms with E-state index in [0.717, 1.165) is 12.1 Å². The molecule has 1 aliphatic heterocycles. The highest BCUT2D eigenvalue weighted by Crippen LogP contribution is 2.25. The maximum atomic E-state index is 5.99. The zero-order chi connectivity index (χ0) is 12.3. The molecule has 0 aromatic carbocycles. The lowest BCUT2D eigenvalue weighted by Gasteiger charge is -2.42. The molecule has 2 fully saturated rings. The summed E-state index contributed by atoms with van der Waals surface area (Å²) in [6.07, 6.45) is 7.78. The van der Waals surface area contributed by atoms with Crippen molar-refractivity contribution in [3.05, 3.63) is 0 Å². The summed E-state index contributed by atoms with van der Waals surface area (Å²) < 4.78 is 0. The topological polar surface area (TPSA) is 32.5 Å². The summed E-state index contributed by atoms with van der Waals surface area (Å²) in [5.74, 6) is 0. The van der Waals surface area contributed by atoms with Crippen LogP contribution in [0.5, 0.6) is 0 Å². The quantitative estimate of drug-likeness (QED) is 0.813. The van der Waals surface area contributed by atoms with Crippen LogP contribution >= 0.6 is 0 Å². The summed E-state index contributed by atoms with van der Waals surface area (Å²) in [6.45, 7) is 6.07. The second-order valence-corrected chi connectivity index (χ2v) is 5.90. The predicted molar refractivity (Wildman–Crippen MR) is 73.1 cm³/mol. The molecule has 1 aliphatic carbocycles. The van der Waals surface area contributed by atoms with Gasteiger partial charge in [-0.1, -0.05) is 6.92 Å². The van der Waals surface area contributed by atoms with Crippen molar-refractivity contribution in [2.45, 2.75) is 63.6 Å². The van der Waals surface area contributed by atoms with Gasteiger partial charge in [0.1, 0.15) is 0 Å². The van der Waals surface area contributed by atoms with E-state index in [2.05, 4.69) is 23.8 Å². The Morgan fingerprint density at radius 1 is 1.00 bits per heavy atom. The van der Waals surface area contributed by atoms with Crippen molar-refractivity contribution >= 4 is 0 Å². The minimum atomic E-state index is 0.474. The molecule has 3 nitrogen and oxygen atoms in total. The molecule has 0 aromatic heterocycles. The van der Waals surface area contributed by atoms with Gasteiger partial charge in [0, 0.05) is 18.1 Å². The number of nitrogens with two attached hydrogens (primary N) is 1. The molecule has 2 N–H and O–H groups in total. The van der Waals surface area contributed by atoms with E-state index < -0.39 is 0 Å². The first-order valence-electron chi connectivity index (χ1n) is 7.40.